The van der Waals surface area contributed by atoms with Gasteiger partial charge in [0.25, 0.3) is 0 Å². The van der Waals surface area contributed by atoms with Crippen LogP contribution < -0.4 is 5.11 Å². The highest BCUT2D eigenvalue weighted by Gasteiger charge is 2.64. The van der Waals surface area contributed by atoms with Crippen molar-refractivity contribution in [3.8, 4) is 0 Å². The second-order valence-electron chi connectivity index (χ2n) is 6.01. The van der Waals surface area contributed by atoms with Gasteiger partial charge in [-0.2, -0.15) is 0 Å². The van der Waals surface area contributed by atoms with Crippen LogP contribution in [0, 0.1) is 27.4 Å². The van der Waals surface area contributed by atoms with E-state index in [0.717, 1.165) is 6.42 Å². The third-order valence-electron chi connectivity index (χ3n) is 4.85. The normalized spacial score (nSPS) is 49.2. The summed E-state index contributed by atoms with van der Waals surface area (Å²) in [6, 6.07) is 0. The first-order chi connectivity index (χ1) is 7.46. The Hall–Kier alpha value is -1.13. The van der Waals surface area contributed by atoms with Crippen LogP contribution in [0.1, 0.15) is 38.5 Å². The standard InChI is InChI=1S/C11H15NO4/c13-9(14)10-2-7-1-8(3-10)5-11(4-7,6-10)12(15)16/h7-8H,1-6H2,(H,13,14)/p-1/t7-,8-,10?,11?/m0/s1. The zero-order valence-corrected chi connectivity index (χ0v) is 8.98. The van der Waals surface area contributed by atoms with Crippen molar-refractivity contribution in [1.29, 1.82) is 0 Å². The average Bonchev–Trinajstić information content (AvgIpc) is 2.14. The third kappa shape index (κ3) is 1.09. The van der Waals surface area contributed by atoms with Crippen molar-refractivity contribution in [2.45, 2.75) is 44.1 Å². The molecule has 4 aliphatic rings. The number of nitro groups is 1. The van der Waals surface area contributed by atoms with Crippen molar-refractivity contribution < 1.29 is 14.8 Å². The number of aliphatic carboxylic acids is 1. The van der Waals surface area contributed by atoms with E-state index in [1.807, 2.05) is 0 Å². The third-order valence-corrected chi connectivity index (χ3v) is 4.85. The number of hydrogen-bond acceptors (Lipinski definition) is 4. The first-order valence-corrected chi connectivity index (χ1v) is 5.82. The molecule has 0 radical (unpaired) electrons. The minimum atomic E-state index is -1.06. The zero-order valence-electron chi connectivity index (χ0n) is 8.98. The number of nitrogens with zero attached hydrogens (tertiary/aromatic N) is 1. The molecule has 0 unspecified atom stereocenters. The molecular formula is C11H14NO4-. The van der Waals surface area contributed by atoms with Crippen LogP contribution >= 0.6 is 0 Å². The van der Waals surface area contributed by atoms with E-state index in [9.17, 15) is 20.0 Å². The van der Waals surface area contributed by atoms with E-state index in [-0.39, 0.29) is 23.2 Å². The van der Waals surface area contributed by atoms with Gasteiger partial charge in [0, 0.05) is 35.6 Å². The molecule has 2 atom stereocenters. The molecule has 0 spiro atoms. The largest absolute Gasteiger partial charge is 0.550 e. The van der Waals surface area contributed by atoms with Crippen molar-refractivity contribution in [2.75, 3.05) is 0 Å². The van der Waals surface area contributed by atoms with E-state index < -0.39 is 16.9 Å². The maximum atomic E-state index is 11.3. The molecule has 0 aromatic carbocycles. The Morgan fingerprint density at radius 2 is 1.75 bits per heavy atom. The predicted octanol–water partition coefficient (Wildman–Crippen LogP) is 0.352. The van der Waals surface area contributed by atoms with Gasteiger partial charge in [0.15, 0.2) is 0 Å². The van der Waals surface area contributed by atoms with Crippen molar-refractivity contribution >= 4 is 5.97 Å². The van der Waals surface area contributed by atoms with Crippen LogP contribution in [0.15, 0.2) is 0 Å². The van der Waals surface area contributed by atoms with Gasteiger partial charge >= 0.3 is 0 Å². The maximum Gasteiger partial charge on any atom is 0.223 e. The number of rotatable bonds is 2. The molecule has 88 valence electrons. The maximum absolute atomic E-state index is 11.3. The highest BCUT2D eigenvalue weighted by Crippen LogP contribution is 2.62. The Bertz CT molecular complexity index is 332. The van der Waals surface area contributed by atoms with E-state index in [0.29, 0.717) is 25.7 Å². The summed E-state index contributed by atoms with van der Waals surface area (Å²) in [5, 5.41) is 22.5. The Kier molecular flexibility index (Phi) is 1.73. The molecule has 4 rings (SSSR count). The summed E-state index contributed by atoms with van der Waals surface area (Å²) >= 11 is 0. The van der Waals surface area contributed by atoms with Crippen LogP contribution in [0.3, 0.4) is 0 Å². The molecule has 0 aromatic rings. The van der Waals surface area contributed by atoms with Gasteiger partial charge in [-0.25, -0.2) is 0 Å². The van der Waals surface area contributed by atoms with E-state index >= 15 is 0 Å². The lowest BCUT2D eigenvalue weighted by molar-refractivity contribution is -0.591. The minimum absolute atomic E-state index is 0.197. The van der Waals surface area contributed by atoms with Gasteiger partial charge in [-0.1, -0.05) is 0 Å². The molecule has 0 aromatic heterocycles. The number of carboxylic acids is 1. The lowest BCUT2D eigenvalue weighted by atomic mass is 9.47. The van der Waals surface area contributed by atoms with E-state index in [1.165, 1.54) is 0 Å². The molecule has 4 aliphatic carbocycles. The minimum Gasteiger partial charge on any atom is -0.550 e. The van der Waals surface area contributed by atoms with Crippen LogP contribution in [-0.2, 0) is 4.79 Å². The molecule has 0 aliphatic heterocycles. The molecule has 0 saturated heterocycles. The van der Waals surface area contributed by atoms with Crippen molar-refractivity contribution in [2.24, 2.45) is 17.3 Å². The summed E-state index contributed by atoms with van der Waals surface area (Å²) in [6.45, 7) is 0. The molecule has 16 heavy (non-hydrogen) atoms. The first-order valence-electron chi connectivity index (χ1n) is 5.82. The molecule has 4 bridgehead atoms. The quantitative estimate of drug-likeness (QED) is 0.500. The lowest BCUT2D eigenvalue weighted by Crippen LogP contribution is -2.63. The second kappa shape index (κ2) is 2.76. The van der Waals surface area contributed by atoms with Crippen LogP contribution in [0.25, 0.3) is 0 Å². The number of carbonyl (C=O) groups is 1. The molecule has 4 saturated carbocycles. The van der Waals surface area contributed by atoms with Crippen LogP contribution in [0.5, 0.6) is 0 Å². The van der Waals surface area contributed by atoms with Crippen LogP contribution in [0.2, 0.25) is 0 Å². The van der Waals surface area contributed by atoms with Crippen LogP contribution in [-0.4, -0.2) is 16.4 Å². The highest BCUT2D eigenvalue weighted by molar-refractivity contribution is 5.73. The summed E-state index contributed by atoms with van der Waals surface area (Å²) in [4.78, 5) is 22.3. The van der Waals surface area contributed by atoms with Crippen molar-refractivity contribution in [3.63, 3.8) is 0 Å². The predicted molar refractivity (Wildman–Crippen MR) is 51.8 cm³/mol. The number of carbonyl (C=O) groups excluding carboxylic acids is 1. The van der Waals surface area contributed by atoms with Gasteiger partial charge < -0.3 is 9.90 Å². The second-order valence-corrected chi connectivity index (χ2v) is 6.01. The van der Waals surface area contributed by atoms with Crippen molar-refractivity contribution in [1.82, 2.24) is 0 Å². The molecule has 0 heterocycles. The summed E-state index contributed by atoms with van der Waals surface area (Å²) < 4.78 is 0. The Labute approximate surface area is 93.0 Å². The van der Waals surface area contributed by atoms with Crippen molar-refractivity contribution in [3.05, 3.63) is 10.1 Å². The van der Waals surface area contributed by atoms with Gasteiger partial charge in [-0.3, -0.25) is 10.1 Å². The Morgan fingerprint density at radius 3 is 2.19 bits per heavy atom. The van der Waals surface area contributed by atoms with E-state index in [2.05, 4.69) is 0 Å². The van der Waals surface area contributed by atoms with Gasteiger partial charge in [0.05, 0.1) is 0 Å². The summed E-state index contributed by atoms with van der Waals surface area (Å²) in [7, 11) is 0. The monoisotopic (exact) mass is 224 g/mol. The number of hydrogen-bond donors (Lipinski definition) is 0. The summed E-state index contributed by atoms with van der Waals surface area (Å²) in [6.07, 6.45) is 3.52. The zero-order chi connectivity index (χ0) is 11.6. The summed E-state index contributed by atoms with van der Waals surface area (Å²) in [5.41, 5.74) is -1.85. The fourth-order valence-corrected chi connectivity index (χ4v) is 4.67. The molecule has 5 nitrogen and oxygen atoms in total. The first kappa shape index (κ1) is 10.1. The average molecular weight is 224 g/mol. The Morgan fingerprint density at radius 1 is 1.19 bits per heavy atom. The van der Waals surface area contributed by atoms with Gasteiger partial charge in [-0.05, 0) is 31.1 Å². The van der Waals surface area contributed by atoms with E-state index in [1.54, 1.807) is 0 Å². The topological polar surface area (TPSA) is 83.3 Å². The SMILES string of the molecule is O=C([O-])C12C[C@@H]3C[C@@H](C1)CC([N+](=O)[O-])(C3)C2. The van der Waals surface area contributed by atoms with Gasteiger partial charge in [-0.15, -0.1) is 0 Å². The molecule has 0 N–H and O–H groups in total. The Balaban J connectivity index is 2.03. The molecule has 0 amide bonds. The van der Waals surface area contributed by atoms with Crippen LogP contribution in [0.4, 0.5) is 0 Å². The highest BCUT2D eigenvalue weighted by atomic mass is 16.6. The number of carboxylic acid groups (broad SMARTS) is 1. The van der Waals surface area contributed by atoms with Gasteiger partial charge in [0.1, 0.15) is 0 Å². The van der Waals surface area contributed by atoms with E-state index in [4.69, 9.17) is 0 Å². The fourth-order valence-electron chi connectivity index (χ4n) is 4.67. The lowest BCUT2D eigenvalue weighted by Gasteiger charge is -2.58. The molecule has 5 heteroatoms. The van der Waals surface area contributed by atoms with Gasteiger partial charge in [0.2, 0.25) is 5.54 Å². The molecular weight excluding hydrogens is 210 g/mol. The smallest absolute Gasteiger partial charge is 0.223 e. The summed E-state index contributed by atoms with van der Waals surface area (Å²) in [5.74, 6) is -0.609. The fraction of sp³-hybridized carbons (Fsp3) is 0.909. The molecule has 4 fully saturated rings.